The van der Waals surface area contributed by atoms with Crippen LogP contribution in [0, 0.1) is 11.2 Å². The van der Waals surface area contributed by atoms with Crippen LogP contribution in [0.3, 0.4) is 0 Å². The molecule has 1 N–H and O–H groups in total. The number of aromatic nitrogens is 1. The van der Waals surface area contributed by atoms with Gasteiger partial charge in [-0.2, -0.15) is 13.2 Å². The van der Waals surface area contributed by atoms with Gasteiger partial charge in [-0.3, -0.25) is 4.79 Å². The second kappa shape index (κ2) is 7.41. The maximum Gasteiger partial charge on any atom is 0.419 e. The quantitative estimate of drug-likeness (QED) is 0.753. The average molecular weight is 415 g/mol. The fourth-order valence-corrected chi connectivity index (χ4v) is 5.05. The predicted molar refractivity (Wildman–Crippen MR) is 97.7 cm³/mol. The molecular weight excluding hydrogens is 390 g/mol. The molecule has 2 aliphatic heterocycles. The Morgan fingerprint density at radius 2 is 1.69 bits per heavy atom. The maximum absolute atomic E-state index is 14.4. The van der Waals surface area contributed by atoms with Crippen LogP contribution < -0.4 is 4.90 Å². The highest BCUT2D eigenvalue weighted by atomic mass is 19.4. The van der Waals surface area contributed by atoms with Gasteiger partial charge in [0.05, 0.1) is 17.1 Å². The highest BCUT2D eigenvalue weighted by Gasteiger charge is 2.50. The number of anilines is 1. The van der Waals surface area contributed by atoms with Crippen molar-refractivity contribution in [2.45, 2.75) is 63.3 Å². The fraction of sp³-hybridized carbons (Fsp3) is 0.700. The summed E-state index contributed by atoms with van der Waals surface area (Å²) < 4.78 is 53.4. The van der Waals surface area contributed by atoms with Gasteiger partial charge in [0.15, 0.2) is 11.6 Å². The Balaban J connectivity index is 1.44. The molecule has 1 aromatic heterocycles. The van der Waals surface area contributed by atoms with E-state index in [1.54, 1.807) is 0 Å². The number of hydrogen-bond donors (Lipinski definition) is 1. The third-order valence-corrected chi connectivity index (χ3v) is 6.85. The first-order valence-corrected chi connectivity index (χ1v) is 10.2. The van der Waals surface area contributed by atoms with Crippen molar-refractivity contribution in [1.29, 1.82) is 0 Å². The van der Waals surface area contributed by atoms with E-state index >= 15 is 0 Å². The van der Waals surface area contributed by atoms with E-state index in [1.165, 1.54) is 4.90 Å². The number of alkyl halides is 3. The van der Waals surface area contributed by atoms with Gasteiger partial charge in [0, 0.05) is 31.9 Å². The minimum atomic E-state index is -4.77. The number of hydrogen-bond acceptors (Lipinski definition) is 4. The van der Waals surface area contributed by atoms with Crippen molar-refractivity contribution in [3.8, 4) is 0 Å². The molecule has 0 radical (unpaired) electrons. The molecule has 29 heavy (non-hydrogen) atoms. The van der Waals surface area contributed by atoms with Crippen LogP contribution in [0.4, 0.5) is 23.4 Å². The van der Waals surface area contributed by atoms with E-state index in [2.05, 4.69) is 4.98 Å². The Hall–Kier alpha value is -1.90. The zero-order valence-electron chi connectivity index (χ0n) is 16.1. The summed E-state index contributed by atoms with van der Waals surface area (Å²) in [6, 6.07) is 0.801. The van der Waals surface area contributed by atoms with E-state index in [-0.39, 0.29) is 23.9 Å². The van der Waals surface area contributed by atoms with E-state index in [1.807, 2.05) is 4.90 Å². The molecule has 0 unspecified atom stereocenters. The molecular formula is C20H25F4N3O2. The van der Waals surface area contributed by atoms with Crippen molar-refractivity contribution in [3.05, 3.63) is 23.6 Å². The van der Waals surface area contributed by atoms with E-state index in [9.17, 15) is 27.5 Å². The molecule has 1 saturated carbocycles. The lowest BCUT2D eigenvalue weighted by Crippen LogP contribution is -2.48. The minimum Gasteiger partial charge on any atom is -0.393 e. The van der Waals surface area contributed by atoms with Gasteiger partial charge in [-0.15, -0.1) is 0 Å². The van der Waals surface area contributed by atoms with Crippen LogP contribution in [0.1, 0.15) is 50.5 Å². The Bertz CT molecular complexity index is 769. The number of halogens is 4. The Kier molecular flexibility index (Phi) is 5.21. The number of amides is 1. The van der Waals surface area contributed by atoms with Crippen LogP contribution in [0.5, 0.6) is 0 Å². The van der Waals surface area contributed by atoms with E-state index < -0.39 is 23.0 Å². The van der Waals surface area contributed by atoms with Gasteiger partial charge in [-0.25, -0.2) is 9.37 Å². The first-order chi connectivity index (χ1) is 13.7. The summed E-state index contributed by atoms with van der Waals surface area (Å²) in [5, 5.41) is 9.69. The van der Waals surface area contributed by atoms with E-state index in [0.717, 1.165) is 25.5 Å². The van der Waals surface area contributed by atoms with Crippen LogP contribution >= 0.6 is 0 Å². The number of piperidine rings is 1. The van der Waals surface area contributed by atoms with Crippen LogP contribution in [-0.2, 0) is 11.0 Å². The molecule has 9 heteroatoms. The lowest BCUT2D eigenvalue weighted by Gasteiger charge is -2.40. The summed E-state index contributed by atoms with van der Waals surface area (Å²) in [6.45, 7) is 1.28. The number of carbonyl (C=O) groups excluding carboxylic acids is 1. The molecule has 3 aliphatic rings. The SMILES string of the molecule is O=C1N([C@H]2CC[C@H](O)CC2)CCC12CCN(c1nccc(C(F)(F)F)c1F)CC2. The van der Waals surface area contributed by atoms with Crippen LogP contribution in [0.2, 0.25) is 0 Å². The molecule has 5 nitrogen and oxygen atoms in total. The van der Waals surface area contributed by atoms with Gasteiger partial charge >= 0.3 is 6.18 Å². The molecule has 2 saturated heterocycles. The van der Waals surface area contributed by atoms with Crippen molar-refractivity contribution in [1.82, 2.24) is 9.88 Å². The van der Waals surface area contributed by atoms with Gasteiger partial charge in [-0.1, -0.05) is 0 Å². The zero-order valence-corrected chi connectivity index (χ0v) is 16.1. The van der Waals surface area contributed by atoms with Crippen molar-refractivity contribution in [2.24, 2.45) is 5.41 Å². The number of aliphatic hydroxyl groups is 1. The number of likely N-dealkylation sites (tertiary alicyclic amines) is 1. The third-order valence-electron chi connectivity index (χ3n) is 6.85. The second-order valence-electron chi connectivity index (χ2n) is 8.47. The van der Waals surface area contributed by atoms with Gasteiger partial charge in [0.2, 0.25) is 5.91 Å². The summed E-state index contributed by atoms with van der Waals surface area (Å²) in [6.07, 6.45) is 0.617. The highest BCUT2D eigenvalue weighted by molar-refractivity contribution is 5.85. The molecule has 160 valence electrons. The molecule has 1 aliphatic carbocycles. The monoisotopic (exact) mass is 415 g/mol. The number of pyridine rings is 1. The van der Waals surface area contributed by atoms with Gasteiger partial charge in [0.25, 0.3) is 0 Å². The molecule has 3 fully saturated rings. The predicted octanol–water partition coefficient (Wildman–Crippen LogP) is 3.36. The Morgan fingerprint density at radius 3 is 2.31 bits per heavy atom. The molecule has 0 atom stereocenters. The van der Waals surface area contributed by atoms with Crippen LogP contribution in [-0.4, -0.2) is 52.7 Å². The van der Waals surface area contributed by atoms with Crippen molar-refractivity contribution in [3.63, 3.8) is 0 Å². The summed E-state index contributed by atoms with van der Waals surface area (Å²) in [7, 11) is 0. The number of nitrogens with zero attached hydrogens (tertiary/aromatic N) is 3. The topological polar surface area (TPSA) is 56.7 Å². The Labute approximate surface area is 166 Å². The molecule has 0 aromatic carbocycles. The summed E-state index contributed by atoms with van der Waals surface area (Å²) in [5.41, 5.74) is -1.82. The average Bonchev–Trinajstić information content (AvgIpc) is 2.99. The maximum atomic E-state index is 14.4. The lowest BCUT2D eigenvalue weighted by atomic mass is 9.77. The molecule has 1 aromatic rings. The van der Waals surface area contributed by atoms with Gasteiger partial charge < -0.3 is 14.9 Å². The molecule has 1 spiro atoms. The summed E-state index contributed by atoms with van der Waals surface area (Å²) >= 11 is 0. The second-order valence-corrected chi connectivity index (χ2v) is 8.47. The van der Waals surface area contributed by atoms with Crippen LogP contribution in [0.25, 0.3) is 0 Å². The molecule has 4 rings (SSSR count). The third kappa shape index (κ3) is 3.69. The first kappa shape index (κ1) is 20.4. The molecule has 0 bridgehead atoms. The Morgan fingerprint density at radius 1 is 1.07 bits per heavy atom. The minimum absolute atomic E-state index is 0.107. The molecule has 1 amide bonds. The lowest BCUT2D eigenvalue weighted by molar-refractivity contribution is -0.140. The standard InChI is InChI=1S/C20H25F4N3O2/c21-16-15(20(22,23)24)5-9-25-17(16)26-10-6-19(7-11-26)8-12-27(18(19)29)13-1-3-14(28)4-2-13/h5,9,13-14,28H,1-4,6-8,10-12H2/t13-,14-. The summed E-state index contributed by atoms with van der Waals surface area (Å²) in [5.74, 6) is -1.54. The largest absolute Gasteiger partial charge is 0.419 e. The highest BCUT2D eigenvalue weighted by Crippen LogP contribution is 2.45. The normalized spacial score (nSPS) is 27.7. The number of rotatable bonds is 2. The number of carbonyl (C=O) groups is 1. The van der Waals surface area contributed by atoms with Crippen molar-refractivity contribution in [2.75, 3.05) is 24.5 Å². The van der Waals surface area contributed by atoms with Crippen molar-refractivity contribution < 1.29 is 27.5 Å². The fourth-order valence-electron chi connectivity index (χ4n) is 5.05. The van der Waals surface area contributed by atoms with Gasteiger partial charge in [0.1, 0.15) is 0 Å². The van der Waals surface area contributed by atoms with Gasteiger partial charge in [-0.05, 0) is 51.0 Å². The molecule has 3 heterocycles. The first-order valence-electron chi connectivity index (χ1n) is 10.2. The van der Waals surface area contributed by atoms with E-state index in [4.69, 9.17) is 0 Å². The van der Waals surface area contributed by atoms with Crippen LogP contribution in [0.15, 0.2) is 12.3 Å². The smallest absolute Gasteiger partial charge is 0.393 e. The van der Waals surface area contributed by atoms with Crippen molar-refractivity contribution >= 4 is 11.7 Å². The zero-order chi connectivity index (χ0) is 20.8. The number of aliphatic hydroxyl groups excluding tert-OH is 1. The van der Waals surface area contributed by atoms with E-state index in [0.29, 0.717) is 51.4 Å². The summed E-state index contributed by atoms with van der Waals surface area (Å²) in [4.78, 5) is 20.5.